The van der Waals surface area contributed by atoms with Crippen LogP contribution in [0.2, 0.25) is 0 Å². The first-order valence-corrected chi connectivity index (χ1v) is 6.40. The summed E-state index contributed by atoms with van der Waals surface area (Å²) < 4.78 is 33.7. The number of halogens is 2. The van der Waals surface area contributed by atoms with Crippen LogP contribution in [0.4, 0.5) is 8.78 Å². The van der Waals surface area contributed by atoms with Crippen molar-refractivity contribution in [3.05, 3.63) is 0 Å². The van der Waals surface area contributed by atoms with Gasteiger partial charge in [0.2, 0.25) is 0 Å². The lowest BCUT2D eigenvalue weighted by Gasteiger charge is -2.35. The number of hydrogen-bond donors (Lipinski definition) is 1. The van der Waals surface area contributed by atoms with Gasteiger partial charge in [0.25, 0.3) is 5.92 Å². The van der Waals surface area contributed by atoms with Crippen molar-refractivity contribution >= 4 is 0 Å². The van der Waals surface area contributed by atoms with Crippen LogP contribution in [-0.2, 0) is 4.74 Å². The molecule has 2 rings (SSSR count). The van der Waals surface area contributed by atoms with Crippen LogP contribution in [0.5, 0.6) is 0 Å². The molecule has 16 heavy (non-hydrogen) atoms. The fourth-order valence-corrected chi connectivity index (χ4v) is 2.72. The maximum absolute atomic E-state index is 14.3. The molecule has 2 fully saturated rings. The van der Waals surface area contributed by atoms with Gasteiger partial charge in [-0.15, -0.1) is 0 Å². The Morgan fingerprint density at radius 3 is 2.50 bits per heavy atom. The van der Waals surface area contributed by atoms with Crippen LogP contribution in [-0.4, -0.2) is 31.7 Å². The Balaban J connectivity index is 1.97. The van der Waals surface area contributed by atoms with Crippen molar-refractivity contribution in [1.82, 2.24) is 5.32 Å². The number of nitrogens with one attached hydrogen (secondary N) is 1. The van der Waals surface area contributed by atoms with Gasteiger partial charge in [-0.25, -0.2) is 8.78 Å². The Kier molecular flexibility index (Phi) is 4.14. The van der Waals surface area contributed by atoms with Crippen LogP contribution >= 0.6 is 0 Å². The van der Waals surface area contributed by atoms with Crippen LogP contribution < -0.4 is 5.32 Å². The van der Waals surface area contributed by atoms with Gasteiger partial charge in [-0.05, 0) is 32.2 Å². The molecule has 0 saturated carbocycles. The van der Waals surface area contributed by atoms with Gasteiger partial charge in [-0.2, -0.15) is 0 Å². The van der Waals surface area contributed by atoms with Gasteiger partial charge >= 0.3 is 0 Å². The third kappa shape index (κ3) is 2.72. The highest BCUT2D eigenvalue weighted by Gasteiger charge is 2.46. The van der Waals surface area contributed by atoms with E-state index in [0.29, 0.717) is 32.5 Å². The first-order chi connectivity index (χ1) is 7.71. The number of ether oxygens (including phenoxy) is 1. The van der Waals surface area contributed by atoms with E-state index in [0.717, 1.165) is 25.8 Å². The molecule has 0 amide bonds. The summed E-state index contributed by atoms with van der Waals surface area (Å²) >= 11 is 0. The molecule has 2 heterocycles. The van der Waals surface area contributed by atoms with Gasteiger partial charge in [0.1, 0.15) is 0 Å². The van der Waals surface area contributed by atoms with E-state index in [1.54, 1.807) is 0 Å². The van der Waals surface area contributed by atoms with Crippen LogP contribution in [0.15, 0.2) is 0 Å². The summed E-state index contributed by atoms with van der Waals surface area (Å²) in [7, 11) is 0. The molecule has 2 nitrogen and oxygen atoms in total. The molecule has 0 aromatic carbocycles. The molecular weight excluding hydrogens is 212 g/mol. The van der Waals surface area contributed by atoms with Crippen molar-refractivity contribution in [2.75, 3.05) is 19.8 Å². The van der Waals surface area contributed by atoms with Crippen LogP contribution in [0.3, 0.4) is 0 Å². The molecule has 0 aromatic rings. The second-order valence-electron chi connectivity index (χ2n) is 4.92. The molecule has 0 spiro atoms. The number of hydrogen-bond acceptors (Lipinski definition) is 2. The van der Waals surface area contributed by atoms with E-state index in [2.05, 4.69) is 5.32 Å². The van der Waals surface area contributed by atoms with Crippen LogP contribution in [0.25, 0.3) is 0 Å². The molecule has 2 aliphatic rings. The van der Waals surface area contributed by atoms with Gasteiger partial charge in [0.15, 0.2) is 0 Å². The summed E-state index contributed by atoms with van der Waals surface area (Å²) in [5.41, 5.74) is 0. The third-order valence-corrected chi connectivity index (χ3v) is 3.79. The second-order valence-corrected chi connectivity index (χ2v) is 4.92. The maximum Gasteiger partial charge on any atom is 0.266 e. The summed E-state index contributed by atoms with van der Waals surface area (Å²) in [6.07, 6.45) is 4.66. The first-order valence-electron chi connectivity index (χ1n) is 6.40. The zero-order valence-corrected chi connectivity index (χ0v) is 9.68. The van der Waals surface area contributed by atoms with E-state index in [1.165, 1.54) is 0 Å². The molecular formula is C12H21F2NO. The van der Waals surface area contributed by atoms with Crippen molar-refractivity contribution in [2.24, 2.45) is 5.92 Å². The predicted octanol–water partition coefficient (Wildman–Crippen LogP) is 2.58. The van der Waals surface area contributed by atoms with Crippen LogP contribution in [0, 0.1) is 5.92 Å². The Hall–Kier alpha value is -0.220. The summed E-state index contributed by atoms with van der Waals surface area (Å²) in [5.74, 6) is -3.05. The third-order valence-electron chi connectivity index (χ3n) is 3.79. The minimum absolute atomic E-state index is 0.489. The van der Waals surface area contributed by atoms with E-state index in [1.807, 2.05) is 0 Å². The lowest BCUT2D eigenvalue weighted by molar-refractivity contribution is -0.120. The highest BCUT2D eigenvalue weighted by atomic mass is 19.3. The fourth-order valence-electron chi connectivity index (χ4n) is 2.72. The molecule has 2 aliphatic heterocycles. The Labute approximate surface area is 95.7 Å². The highest BCUT2D eigenvalue weighted by Crippen LogP contribution is 2.37. The van der Waals surface area contributed by atoms with Gasteiger partial charge in [0.05, 0.1) is 6.04 Å². The zero-order chi connectivity index (χ0) is 11.4. The summed E-state index contributed by atoms with van der Waals surface area (Å²) in [6, 6.07) is -0.613. The Bertz CT molecular complexity index is 209. The van der Waals surface area contributed by atoms with Crippen molar-refractivity contribution in [1.29, 1.82) is 0 Å². The molecule has 0 bridgehead atoms. The standard InChI is InChI=1S/C12H21F2NO/c13-12(14,10-5-8-16-9-6-10)11-4-2-1-3-7-15-11/h10-11,15H,1-9H2. The molecule has 4 heteroatoms. The van der Waals surface area contributed by atoms with Gasteiger partial charge < -0.3 is 10.1 Å². The van der Waals surface area contributed by atoms with E-state index >= 15 is 0 Å². The molecule has 0 radical (unpaired) electrons. The van der Waals surface area contributed by atoms with E-state index in [9.17, 15) is 8.78 Å². The minimum Gasteiger partial charge on any atom is -0.381 e. The monoisotopic (exact) mass is 233 g/mol. The zero-order valence-electron chi connectivity index (χ0n) is 9.68. The lowest BCUT2D eigenvalue weighted by Crippen LogP contribution is -2.50. The van der Waals surface area contributed by atoms with Crippen molar-refractivity contribution < 1.29 is 13.5 Å². The number of alkyl halides is 2. The normalized spacial score (nSPS) is 30.0. The summed E-state index contributed by atoms with van der Waals surface area (Å²) in [4.78, 5) is 0. The first kappa shape index (κ1) is 12.2. The highest BCUT2D eigenvalue weighted by molar-refractivity contribution is 4.91. The minimum atomic E-state index is -2.56. The second kappa shape index (κ2) is 5.41. The van der Waals surface area contributed by atoms with E-state index in [-0.39, 0.29) is 0 Å². The molecule has 94 valence electrons. The Morgan fingerprint density at radius 1 is 1.00 bits per heavy atom. The molecule has 2 saturated heterocycles. The average Bonchev–Trinajstić information content (AvgIpc) is 2.59. The smallest absolute Gasteiger partial charge is 0.266 e. The lowest BCUT2D eigenvalue weighted by atomic mass is 9.86. The van der Waals surface area contributed by atoms with Crippen molar-refractivity contribution in [2.45, 2.75) is 50.5 Å². The molecule has 1 unspecified atom stereocenters. The maximum atomic E-state index is 14.3. The van der Waals surface area contributed by atoms with E-state index < -0.39 is 17.9 Å². The van der Waals surface area contributed by atoms with Crippen molar-refractivity contribution in [3.8, 4) is 0 Å². The number of rotatable bonds is 2. The largest absolute Gasteiger partial charge is 0.381 e. The molecule has 1 atom stereocenters. The Morgan fingerprint density at radius 2 is 1.75 bits per heavy atom. The molecule has 0 aromatic heterocycles. The average molecular weight is 233 g/mol. The van der Waals surface area contributed by atoms with Crippen molar-refractivity contribution in [3.63, 3.8) is 0 Å². The quantitative estimate of drug-likeness (QED) is 0.791. The SMILES string of the molecule is FC(F)(C1CCOCC1)C1CCCCCN1. The fraction of sp³-hybridized carbons (Fsp3) is 1.00. The summed E-state index contributed by atoms with van der Waals surface area (Å²) in [6.45, 7) is 1.73. The van der Waals surface area contributed by atoms with Gasteiger partial charge in [-0.1, -0.05) is 12.8 Å². The van der Waals surface area contributed by atoms with Gasteiger partial charge in [-0.3, -0.25) is 0 Å². The summed E-state index contributed by atoms with van der Waals surface area (Å²) in [5, 5.41) is 3.03. The van der Waals surface area contributed by atoms with E-state index in [4.69, 9.17) is 4.74 Å². The van der Waals surface area contributed by atoms with Gasteiger partial charge in [0, 0.05) is 19.1 Å². The van der Waals surface area contributed by atoms with Crippen LogP contribution in [0.1, 0.15) is 38.5 Å². The topological polar surface area (TPSA) is 21.3 Å². The molecule has 0 aliphatic carbocycles. The molecule has 1 N–H and O–H groups in total. The predicted molar refractivity (Wildman–Crippen MR) is 58.7 cm³/mol.